The Balaban J connectivity index is 1.91. The van der Waals surface area contributed by atoms with Crippen LogP contribution in [-0.4, -0.2) is 64.0 Å². The van der Waals surface area contributed by atoms with E-state index in [4.69, 9.17) is 21.5 Å². The molecule has 0 aromatic carbocycles. The third-order valence-corrected chi connectivity index (χ3v) is 8.11. The number of H-pyrrole nitrogens is 1. The number of halogens is 1. The Morgan fingerprint density at radius 3 is 2.58 bits per heavy atom. The SMILES string of the molecule is CCC(C)(CC1OC(n2cc3c(F)cc(=O)[nH]c3nc2=S)C(O)C1O)OP(=O)(O)C(C)(C)O. The molecule has 14 heteroatoms. The molecule has 2 aromatic heterocycles. The Bertz CT molecular complexity index is 1210. The fourth-order valence-corrected chi connectivity index (χ4v) is 4.75. The lowest BCUT2D eigenvalue weighted by molar-refractivity contribution is -0.0702. The number of pyridine rings is 1. The first-order chi connectivity index (χ1) is 15.1. The van der Waals surface area contributed by atoms with Crippen LogP contribution in [0.15, 0.2) is 17.1 Å². The first-order valence-corrected chi connectivity index (χ1v) is 12.2. The van der Waals surface area contributed by atoms with Gasteiger partial charge in [-0.05, 0) is 39.4 Å². The number of hydrogen-bond donors (Lipinski definition) is 5. The zero-order chi connectivity index (χ0) is 24.9. The van der Waals surface area contributed by atoms with E-state index in [0.29, 0.717) is 0 Å². The number of aromatic amines is 1. The zero-order valence-electron chi connectivity index (χ0n) is 18.4. The van der Waals surface area contributed by atoms with Crippen LogP contribution < -0.4 is 5.56 Å². The van der Waals surface area contributed by atoms with E-state index >= 15 is 0 Å². The number of hydrogen-bond acceptors (Lipinski definition) is 9. The maximum absolute atomic E-state index is 14.3. The second-order valence-electron chi connectivity index (χ2n) is 8.83. The van der Waals surface area contributed by atoms with Gasteiger partial charge in [-0.2, -0.15) is 0 Å². The zero-order valence-corrected chi connectivity index (χ0v) is 20.1. The lowest BCUT2D eigenvalue weighted by Gasteiger charge is -2.36. The fourth-order valence-electron chi connectivity index (χ4n) is 3.48. The molecule has 0 saturated carbocycles. The number of rotatable bonds is 7. The van der Waals surface area contributed by atoms with Crippen molar-refractivity contribution < 1.29 is 38.4 Å². The van der Waals surface area contributed by atoms with Gasteiger partial charge in [0.1, 0.15) is 23.7 Å². The number of nitrogens with zero attached hydrogens (tertiary/aromatic N) is 2. The molecule has 6 atom stereocenters. The van der Waals surface area contributed by atoms with Crippen LogP contribution in [0.3, 0.4) is 0 Å². The molecule has 11 nitrogen and oxygen atoms in total. The van der Waals surface area contributed by atoms with E-state index in [2.05, 4.69) is 9.97 Å². The molecule has 1 aliphatic rings. The van der Waals surface area contributed by atoms with Crippen LogP contribution in [0, 0.1) is 10.6 Å². The third kappa shape index (κ3) is 5.10. The Kier molecular flexibility index (Phi) is 7.02. The van der Waals surface area contributed by atoms with Crippen molar-refractivity contribution in [1.82, 2.24) is 14.5 Å². The molecule has 0 radical (unpaired) electrons. The van der Waals surface area contributed by atoms with Crippen molar-refractivity contribution in [3.8, 4) is 0 Å². The van der Waals surface area contributed by atoms with Crippen LogP contribution in [0.1, 0.15) is 46.8 Å². The standard InChI is InChI=1S/C19H27FN3O8PS/c1-5-19(4,31-32(28,29)18(2,3)27)7-11-13(25)14(26)16(30-11)23-8-9-10(20)6-12(24)21-15(9)22-17(23)33/h6,8,11,13-14,16,25-27H,5,7H2,1-4H3,(H,28,29)(H,21,22,24,33). The highest BCUT2D eigenvalue weighted by atomic mass is 32.1. The topological polar surface area (TPSA) is 167 Å². The molecule has 1 saturated heterocycles. The summed E-state index contributed by atoms with van der Waals surface area (Å²) in [5.74, 6) is -0.855. The second kappa shape index (κ2) is 8.90. The molecule has 5 N–H and O–H groups in total. The molecule has 0 amide bonds. The van der Waals surface area contributed by atoms with Crippen LogP contribution in [0.5, 0.6) is 0 Å². The number of fused-ring (bicyclic) bond motifs is 1. The largest absolute Gasteiger partial charge is 0.388 e. The van der Waals surface area contributed by atoms with E-state index in [9.17, 15) is 34.0 Å². The van der Waals surface area contributed by atoms with Crippen molar-refractivity contribution in [1.29, 1.82) is 0 Å². The predicted molar refractivity (Wildman–Crippen MR) is 118 cm³/mol. The van der Waals surface area contributed by atoms with Gasteiger partial charge in [0.2, 0.25) is 4.77 Å². The smallest absolute Gasteiger partial charge is 0.359 e. The minimum atomic E-state index is -4.47. The number of ether oxygens (including phenoxy) is 1. The van der Waals surface area contributed by atoms with E-state index in [-0.39, 0.29) is 28.6 Å². The molecular formula is C19H27FN3O8PS. The lowest BCUT2D eigenvalue weighted by Crippen LogP contribution is -2.39. The number of aliphatic hydroxyl groups excluding tert-OH is 2. The van der Waals surface area contributed by atoms with Crippen LogP contribution >= 0.6 is 19.8 Å². The molecule has 1 fully saturated rings. The van der Waals surface area contributed by atoms with Gasteiger partial charge in [0.15, 0.2) is 11.6 Å². The Morgan fingerprint density at radius 1 is 1.36 bits per heavy atom. The Hall–Kier alpha value is -1.57. The summed E-state index contributed by atoms with van der Waals surface area (Å²) in [7, 11) is -4.47. The van der Waals surface area contributed by atoms with E-state index in [1.807, 2.05) is 0 Å². The maximum Gasteiger partial charge on any atom is 0.359 e. The molecule has 6 unspecified atom stereocenters. The van der Waals surface area contributed by atoms with Gasteiger partial charge in [-0.25, -0.2) is 9.37 Å². The molecule has 0 bridgehead atoms. The van der Waals surface area contributed by atoms with E-state index in [1.165, 1.54) is 13.1 Å². The number of nitrogens with one attached hydrogen (secondary N) is 1. The minimum Gasteiger partial charge on any atom is -0.388 e. The van der Waals surface area contributed by atoms with Crippen molar-refractivity contribution >= 4 is 30.8 Å². The molecule has 3 rings (SSSR count). The summed E-state index contributed by atoms with van der Waals surface area (Å²) in [6.07, 6.45) is -3.94. The predicted octanol–water partition coefficient (Wildman–Crippen LogP) is 1.70. The lowest BCUT2D eigenvalue weighted by atomic mass is 9.93. The van der Waals surface area contributed by atoms with Gasteiger partial charge < -0.3 is 34.5 Å². The van der Waals surface area contributed by atoms with Crippen molar-refractivity contribution in [3.63, 3.8) is 0 Å². The summed E-state index contributed by atoms with van der Waals surface area (Å²) < 4.78 is 39.0. The van der Waals surface area contributed by atoms with E-state index in [1.54, 1.807) is 6.92 Å². The maximum atomic E-state index is 14.3. The van der Waals surface area contributed by atoms with Gasteiger partial charge in [-0.15, -0.1) is 0 Å². The van der Waals surface area contributed by atoms with E-state index in [0.717, 1.165) is 24.5 Å². The molecule has 33 heavy (non-hydrogen) atoms. The molecule has 3 heterocycles. The van der Waals surface area contributed by atoms with Crippen LogP contribution in [0.4, 0.5) is 4.39 Å². The van der Waals surface area contributed by atoms with Crippen LogP contribution in [0.25, 0.3) is 11.0 Å². The highest BCUT2D eigenvalue weighted by Crippen LogP contribution is 2.57. The first kappa shape index (κ1) is 26.0. The molecule has 0 aliphatic carbocycles. The van der Waals surface area contributed by atoms with Gasteiger partial charge in [-0.1, -0.05) is 6.92 Å². The minimum absolute atomic E-state index is 0.0786. The molecule has 184 valence electrons. The van der Waals surface area contributed by atoms with Gasteiger partial charge >= 0.3 is 7.60 Å². The summed E-state index contributed by atoms with van der Waals surface area (Å²) in [5.41, 5.74) is -2.08. The molecule has 0 spiro atoms. The number of aromatic nitrogens is 3. The quantitative estimate of drug-likeness (QED) is 0.275. The van der Waals surface area contributed by atoms with Crippen molar-refractivity contribution in [2.45, 2.75) is 76.0 Å². The summed E-state index contributed by atoms with van der Waals surface area (Å²) in [4.78, 5) is 28.0. The second-order valence-corrected chi connectivity index (χ2v) is 11.5. The fraction of sp³-hybridized carbons (Fsp3) is 0.632. The first-order valence-electron chi connectivity index (χ1n) is 10.2. The van der Waals surface area contributed by atoms with Crippen LogP contribution in [-0.2, 0) is 13.8 Å². The number of aliphatic hydroxyl groups is 3. The van der Waals surface area contributed by atoms with Gasteiger partial charge in [0, 0.05) is 18.7 Å². The third-order valence-electron chi connectivity index (χ3n) is 5.74. The summed E-state index contributed by atoms with van der Waals surface area (Å²) >= 11 is 5.19. The Labute approximate surface area is 193 Å². The summed E-state index contributed by atoms with van der Waals surface area (Å²) in [6, 6.07) is 0.737. The van der Waals surface area contributed by atoms with Crippen LogP contribution in [0.2, 0.25) is 0 Å². The van der Waals surface area contributed by atoms with Crippen molar-refractivity contribution in [3.05, 3.63) is 33.2 Å². The van der Waals surface area contributed by atoms with Gasteiger partial charge in [0.25, 0.3) is 5.56 Å². The molecular weight excluding hydrogens is 480 g/mol. The van der Waals surface area contributed by atoms with Gasteiger partial charge in [-0.3, -0.25) is 13.9 Å². The molecule has 2 aromatic rings. The van der Waals surface area contributed by atoms with Crippen molar-refractivity contribution in [2.24, 2.45) is 0 Å². The summed E-state index contributed by atoms with van der Waals surface area (Å²) in [5, 5.41) is 29.1. The molecule has 1 aliphatic heterocycles. The Morgan fingerprint density at radius 2 is 2.00 bits per heavy atom. The van der Waals surface area contributed by atoms with Gasteiger partial charge in [0.05, 0.1) is 17.1 Å². The highest BCUT2D eigenvalue weighted by molar-refractivity contribution is 7.71. The highest BCUT2D eigenvalue weighted by Gasteiger charge is 2.50. The van der Waals surface area contributed by atoms with E-state index < -0.39 is 54.5 Å². The van der Waals surface area contributed by atoms with Crippen molar-refractivity contribution in [2.75, 3.05) is 0 Å². The average Bonchev–Trinajstić information content (AvgIpc) is 2.94. The average molecular weight is 507 g/mol. The summed E-state index contributed by atoms with van der Waals surface area (Å²) in [6.45, 7) is 5.50. The normalized spacial score (nSPS) is 27.4. The monoisotopic (exact) mass is 507 g/mol.